The largest absolute Gasteiger partial charge is 0.508 e. The Morgan fingerprint density at radius 1 is 1.26 bits per heavy atom. The fraction of sp³-hybridized carbons (Fsp3) is 0.118. The number of phenols is 2. The maximum absolute atomic E-state index is 13.0. The van der Waals surface area contributed by atoms with E-state index in [-0.39, 0.29) is 34.3 Å². The van der Waals surface area contributed by atoms with Crippen molar-refractivity contribution in [3.8, 4) is 28.6 Å². The molecular weight excluding hydrogens is 358 g/mol. The van der Waals surface area contributed by atoms with Crippen molar-refractivity contribution in [2.75, 3.05) is 7.11 Å². The van der Waals surface area contributed by atoms with Gasteiger partial charge in [-0.25, -0.2) is 0 Å². The Morgan fingerprint density at radius 2 is 1.93 bits per heavy atom. The van der Waals surface area contributed by atoms with Crippen molar-refractivity contribution in [2.24, 2.45) is 0 Å². The van der Waals surface area contributed by atoms with E-state index in [2.05, 4.69) is 10.1 Å². The SMILES string of the molecule is COc1cc(-c2noc(C)n2)c(C(=O)c2ccc(O)cc2)c([N+](=O)[O-])c1O. The summed E-state index contributed by atoms with van der Waals surface area (Å²) in [5, 5.41) is 35.0. The quantitative estimate of drug-likeness (QED) is 0.392. The number of rotatable bonds is 5. The first kappa shape index (κ1) is 17.9. The zero-order valence-electron chi connectivity index (χ0n) is 14.2. The van der Waals surface area contributed by atoms with Crippen LogP contribution in [0.4, 0.5) is 5.69 Å². The molecule has 27 heavy (non-hydrogen) atoms. The summed E-state index contributed by atoms with van der Waals surface area (Å²) in [5.74, 6) is -1.75. The van der Waals surface area contributed by atoms with Gasteiger partial charge in [-0.15, -0.1) is 0 Å². The van der Waals surface area contributed by atoms with Crippen LogP contribution in [0.25, 0.3) is 11.4 Å². The van der Waals surface area contributed by atoms with Crippen molar-refractivity contribution in [2.45, 2.75) is 6.92 Å². The number of ether oxygens (including phenoxy) is 1. The lowest BCUT2D eigenvalue weighted by Gasteiger charge is -2.11. The Bertz CT molecular complexity index is 1040. The minimum atomic E-state index is -0.887. The molecule has 0 unspecified atom stereocenters. The highest BCUT2D eigenvalue weighted by molar-refractivity contribution is 6.16. The number of methoxy groups -OCH3 is 1. The van der Waals surface area contributed by atoms with Crippen molar-refractivity contribution in [1.82, 2.24) is 10.1 Å². The summed E-state index contributed by atoms with van der Waals surface area (Å²) >= 11 is 0. The molecule has 2 N–H and O–H groups in total. The van der Waals surface area contributed by atoms with Gasteiger partial charge in [0, 0.05) is 18.1 Å². The zero-order valence-corrected chi connectivity index (χ0v) is 14.2. The van der Waals surface area contributed by atoms with Crippen LogP contribution in [0, 0.1) is 17.0 Å². The number of carbonyl (C=O) groups excluding carboxylic acids is 1. The number of aromatic nitrogens is 2. The molecule has 0 saturated heterocycles. The number of ketones is 1. The molecular formula is C17H13N3O7. The summed E-state index contributed by atoms with van der Waals surface area (Å²) in [4.78, 5) is 27.8. The van der Waals surface area contributed by atoms with Gasteiger partial charge in [0.2, 0.25) is 23.2 Å². The molecule has 10 nitrogen and oxygen atoms in total. The van der Waals surface area contributed by atoms with Gasteiger partial charge in [-0.05, 0) is 30.3 Å². The van der Waals surface area contributed by atoms with E-state index in [4.69, 9.17) is 9.26 Å². The normalized spacial score (nSPS) is 10.6. The third kappa shape index (κ3) is 3.15. The van der Waals surface area contributed by atoms with E-state index in [1.54, 1.807) is 0 Å². The van der Waals surface area contributed by atoms with Gasteiger partial charge in [0.05, 0.1) is 12.0 Å². The van der Waals surface area contributed by atoms with Crippen LogP contribution in [0.3, 0.4) is 0 Å². The molecule has 1 aromatic heterocycles. The van der Waals surface area contributed by atoms with Crippen LogP contribution >= 0.6 is 0 Å². The van der Waals surface area contributed by atoms with Crippen LogP contribution in [-0.4, -0.2) is 38.2 Å². The molecule has 0 aliphatic rings. The van der Waals surface area contributed by atoms with Gasteiger partial charge in [0.25, 0.3) is 0 Å². The minimum absolute atomic E-state index is 0.0359. The lowest BCUT2D eigenvalue weighted by Crippen LogP contribution is -2.09. The predicted molar refractivity (Wildman–Crippen MR) is 90.9 cm³/mol. The summed E-state index contributed by atoms with van der Waals surface area (Å²) in [6, 6.07) is 6.35. The van der Waals surface area contributed by atoms with Crippen molar-refractivity contribution >= 4 is 11.5 Å². The summed E-state index contributed by atoms with van der Waals surface area (Å²) < 4.78 is 9.88. The first-order valence-corrected chi connectivity index (χ1v) is 7.56. The maximum atomic E-state index is 13.0. The molecule has 0 aliphatic heterocycles. The van der Waals surface area contributed by atoms with E-state index in [1.807, 2.05) is 0 Å². The zero-order chi connectivity index (χ0) is 19.7. The van der Waals surface area contributed by atoms with Gasteiger partial charge in [0.15, 0.2) is 5.75 Å². The van der Waals surface area contributed by atoms with Gasteiger partial charge in [-0.3, -0.25) is 14.9 Å². The number of hydrogen-bond acceptors (Lipinski definition) is 9. The highest BCUT2D eigenvalue weighted by atomic mass is 16.6. The van der Waals surface area contributed by atoms with Crippen LogP contribution in [0.2, 0.25) is 0 Å². The second kappa shape index (κ2) is 6.75. The fourth-order valence-corrected chi connectivity index (χ4v) is 2.54. The smallest absolute Gasteiger partial charge is 0.326 e. The number of phenolic OH excluding ortho intramolecular Hbond substituents is 2. The molecule has 0 atom stereocenters. The Labute approximate surface area is 151 Å². The number of benzene rings is 2. The Kier molecular flexibility index (Phi) is 4.46. The van der Waals surface area contributed by atoms with Gasteiger partial charge in [0.1, 0.15) is 11.3 Å². The topological polar surface area (TPSA) is 149 Å². The standard InChI is InChI=1S/C17H13N3O7/c1-8-18-17(19-27-8)11-7-12(26-2)16(23)14(20(24)25)13(11)15(22)9-3-5-10(21)6-4-9/h3-7,21,23H,1-2H3. The fourth-order valence-electron chi connectivity index (χ4n) is 2.54. The number of nitro benzene ring substituents is 1. The predicted octanol–water partition coefficient (Wildman–Crippen LogP) is 2.60. The molecule has 0 spiro atoms. The molecule has 0 radical (unpaired) electrons. The molecule has 10 heteroatoms. The summed E-state index contributed by atoms with van der Waals surface area (Å²) in [7, 11) is 1.21. The Morgan fingerprint density at radius 3 is 2.44 bits per heavy atom. The van der Waals surface area contributed by atoms with Gasteiger partial charge in [-0.2, -0.15) is 4.98 Å². The van der Waals surface area contributed by atoms with Gasteiger partial charge < -0.3 is 19.5 Å². The monoisotopic (exact) mass is 371 g/mol. The van der Waals surface area contributed by atoms with E-state index in [1.165, 1.54) is 44.4 Å². The first-order valence-electron chi connectivity index (χ1n) is 7.56. The molecule has 0 aliphatic carbocycles. The number of aryl methyl sites for hydroxylation is 1. The number of hydrogen-bond donors (Lipinski definition) is 2. The third-order valence-corrected chi connectivity index (χ3v) is 3.77. The maximum Gasteiger partial charge on any atom is 0.326 e. The molecule has 138 valence electrons. The molecule has 1 heterocycles. The van der Waals surface area contributed by atoms with E-state index in [0.717, 1.165) is 0 Å². The summed E-state index contributed by atoms with van der Waals surface area (Å²) in [6.45, 7) is 1.52. The highest BCUT2D eigenvalue weighted by Gasteiger charge is 2.34. The number of carbonyl (C=O) groups is 1. The van der Waals surface area contributed by atoms with Crippen LogP contribution in [0.15, 0.2) is 34.9 Å². The molecule has 2 aromatic carbocycles. The Balaban J connectivity index is 2.35. The average molecular weight is 371 g/mol. The van der Waals surface area contributed by atoms with Gasteiger partial charge in [-0.1, -0.05) is 5.16 Å². The number of aromatic hydroxyl groups is 2. The van der Waals surface area contributed by atoms with E-state index < -0.39 is 27.7 Å². The molecule has 0 saturated carbocycles. The average Bonchev–Trinajstić information content (AvgIpc) is 3.07. The van der Waals surface area contributed by atoms with Crippen molar-refractivity contribution in [3.05, 3.63) is 57.5 Å². The number of nitrogens with zero attached hydrogens (tertiary/aromatic N) is 3. The lowest BCUT2D eigenvalue weighted by molar-refractivity contribution is -0.386. The first-order chi connectivity index (χ1) is 12.8. The van der Waals surface area contributed by atoms with Crippen molar-refractivity contribution < 1.29 is 29.2 Å². The van der Waals surface area contributed by atoms with Crippen molar-refractivity contribution in [3.63, 3.8) is 0 Å². The van der Waals surface area contributed by atoms with Crippen LogP contribution < -0.4 is 4.74 Å². The highest BCUT2D eigenvalue weighted by Crippen LogP contribution is 2.44. The van der Waals surface area contributed by atoms with Crippen LogP contribution in [-0.2, 0) is 0 Å². The van der Waals surface area contributed by atoms with Gasteiger partial charge >= 0.3 is 5.69 Å². The minimum Gasteiger partial charge on any atom is -0.508 e. The Hall–Kier alpha value is -3.95. The van der Waals surface area contributed by atoms with Crippen molar-refractivity contribution in [1.29, 1.82) is 0 Å². The summed E-state index contributed by atoms with van der Waals surface area (Å²) in [6.07, 6.45) is 0. The molecule has 0 fully saturated rings. The van der Waals surface area contributed by atoms with E-state index in [9.17, 15) is 25.1 Å². The summed E-state index contributed by atoms with van der Waals surface area (Å²) in [5.41, 5.74) is -1.25. The van der Waals surface area contributed by atoms with Crippen LogP contribution in [0.1, 0.15) is 21.8 Å². The second-order valence-corrected chi connectivity index (χ2v) is 5.47. The van der Waals surface area contributed by atoms with Crippen LogP contribution in [0.5, 0.6) is 17.2 Å². The third-order valence-electron chi connectivity index (χ3n) is 3.77. The van der Waals surface area contributed by atoms with E-state index >= 15 is 0 Å². The molecule has 0 bridgehead atoms. The molecule has 0 amide bonds. The molecule has 3 aromatic rings. The number of nitro groups is 1. The second-order valence-electron chi connectivity index (χ2n) is 5.47. The molecule has 3 rings (SSSR count). The van der Waals surface area contributed by atoms with E-state index in [0.29, 0.717) is 0 Å². The lowest BCUT2D eigenvalue weighted by atomic mass is 9.95.